The second kappa shape index (κ2) is 10.3. The topological polar surface area (TPSA) is 0 Å². The molecule has 0 atom stereocenters. The van der Waals surface area contributed by atoms with Gasteiger partial charge in [0.2, 0.25) is 0 Å². The van der Waals surface area contributed by atoms with Crippen LogP contribution in [-0.2, 0) is 0 Å². The number of hydrogen-bond acceptors (Lipinski definition) is 1. The van der Waals surface area contributed by atoms with Gasteiger partial charge in [0.1, 0.15) is 0 Å². The summed E-state index contributed by atoms with van der Waals surface area (Å²) in [6.45, 7) is 6.72. The van der Waals surface area contributed by atoms with E-state index in [9.17, 15) is 0 Å². The van der Waals surface area contributed by atoms with Gasteiger partial charge in [-0.2, -0.15) is 0 Å². The van der Waals surface area contributed by atoms with Crippen molar-refractivity contribution in [1.29, 1.82) is 0 Å². The normalized spacial score (nSPS) is 5.75. The van der Waals surface area contributed by atoms with Crippen molar-refractivity contribution in [2.45, 2.75) is 0 Å². The van der Waals surface area contributed by atoms with Crippen molar-refractivity contribution in [1.82, 2.24) is 0 Å². The zero-order valence-electron chi connectivity index (χ0n) is 4.37. The molecule has 0 aromatic rings. The summed E-state index contributed by atoms with van der Waals surface area (Å²) >= 11 is 11.4. The van der Waals surface area contributed by atoms with Crippen LogP contribution in [0.25, 0.3) is 0 Å². The first kappa shape index (κ1) is 11.1. The minimum Gasteiger partial charge on any atom is -0.125 e. The third-order valence-electron chi connectivity index (χ3n) is 0.167. The number of hydrogen-bond donors (Lipinski definition) is 2. The first-order valence-corrected chi connectivity index (χ1v) is 3.10. The van der Waals surface area contributed by atoms with Crippen LogP contribution in [0.5, 0.6) is 0 Å². The van der Waals surface area contributed by atoms with E-state index < -0.39 is 0 Å². The van der Waals surface area contributed by atoms with E-state index in [1.165, 1.54) is 0 Å². The molecule has 8 heavy (non-hydrogen) atoms. The summed E-state index contributed by atoms with van der Waals surface area (Å²) in [7, 11) is 0. The monoisotopic (exact) mass is 164 g/mol. The van der Waals surface area contributed by atoms with Crippen LogP contribution in [0, 0.1) is 0 Å². The van der Waals surface area contributed by atoms with Gasteiger partial charge in [-0.15, -0.1) is 25.3 Å². The largest absolute Gasteiger partial charge is 0.125 e. The summed E-state index contributed by atoms with van der Waals surface area (Å²) in [5.74, 6) is 0. The molecule has 0 spiro atoms. The average molecular weight is 164 g/mol. The molecule has 0 aromatic heterocycles. The summed E-state index contributed by atoms with van der Waals surface area (Å²) in [4.78, 5) is 0. The fourth-order valence-corrected chi connectivity index (χ4v) is 0. The Balaban J connectivity index is 0. The molecule has 0 saturated heterocycles. The van der Waals surface area contributed by atoms with Gasteiger partial charge >= 0.3 is 0 Å². The summed E-state index contributed by atoms with van der Waals surface area (Å²) in [5, 5.41) is 0. The van der Waals surface area contributed by atoms with Gasteiger partial charge in [-0.25, -0.2) is 0 Å². The second-order valence-electron chi connectivity index (χ2n) is 0.754. The quantitative estimate of drug-likeness (QED) is 0.341. The highest BCUT2D eigenvalue weighted by molar-refractivity contribution is 8.34. The maximum Gasteiger partial charge on any atom is 0.0976 e. The lowest BCUT2D eigenvalue weighted by atomic mass is 10.6. The van der Waals surface area contributed by atoms with Gasteiger partial charge in [0, 0.05) is 0 Å². The van der Waals surface area contributed by atoms with Crippen LogP contribution in [0.3, 0.4) is 0 Å². The van der Waals surface area contributed by atoms with Crippen LogP contribution in [0.1, 0.15) is 0 Å². The molecule has 0 unspecified atom stereocenters. The fourth-order valence-electron chi connectivity index (χ4n) is 0. The van der Waals surface area contributed by atoms with Gasteiger partial charge in [0.05, 0.1) is 3.53 Å². The van der Waals surface area contributed by atoms with E-state index in [2.05, 4.69) is 50.6 Å². The van der Waals surface area contributed by atoms with Gasteiger partial charge in [-0.05, 0) is 0 Å². The van der Waals surface area contributed by atoms with Gasteiger partial charge in [0.15, 0.2) is 0 Å². The maximum atomic E-state index is 4.27. The molecule has 0 N–H and O–H groups in total. The van der Waals surface area contributed by atoms with Crippen molar-refractivity contribution in [2.24, 2.45) is 0 Å². The first-order valence-electron chi connectivity index (χ1n) is 1.80. The SMILES string of the molecule is C=CC=C.S=C(S)S. The Morgan fingerprint density at radius 3 is 1.38 bits per heavy atom. The molecule has 0 aliphatic heterocycles. The van der Waals surface area contributed by atoms with Crippen molar-refractivity contribution in [3.8, 4) is 0 Å². The van der Waals surface area contributed by atoms with Crippen LogP contribution >= 0.6 is 37.5 Å². The molecule has 0 aliphatic rings. The molecular formula is C5H8S3. The molecule has 0 saturated carbocycles. The van der Waals surface area contributed by atoms with Gasteiger partial charge in [-0.1, -0.05) is 37.5 Å². The summed E-state index contributed by atoms with van der Waals surface area (Å²) < 4.78 is 0.389. The molecule has 3 heteroatoms. The molecule has 0 radical (unpaired) electrons. The van der Waals surface area contributed by atoms with Crippen molar-refractivity contribution >= 4 is 41.0 Å². The van der Waals surface area contributed by atoms with E-state index in [1.54, 1.807) is 12.2 Å². The second-order valence-corrected chi connectivity index (χ2v) is 3.01. The lowest BCUT2D eigenvalue weighted by Gasteiger charge is -1.59. The maximum absolute atomic E-state index is 4.27. The highest BCUT2D eigenvalue weighted by Crippen LogP contribution is 1.83. The third-order valence-corrected chi connectivity index (χ3v) is 0.167. The minimum absolute atomic E-state index is 0.389. The summed E-state index contributed by atoms with van der Waals surface area (Å²) in [6.07, 6.45) is 3.28. The molecule has 0 fully saturated rings. The van der Waals surface area contributed by atoms with Crippen molar-refractivity contribution in [3.05, 3.63) is 25.3 Å². The summed E-state index contributed by atoms with van der Waals surface area (Å²) in [5.41, 5.74) is 0. The van der Waals surface area contributed by atoms with Gasteiger partial charge in [0.25, 0.3) is 0 Å². The summed E-state index contributed by atoms with van der Waals surface area (Å²) in [6, 6.07) is 0. The van der Waals surface area contributed by atoms with E-state index in [-0.39, 0.29) is 0 Å². The molecule has 0 nitrogen and oxygen atoms in total. The molecule has 0 aliphatic carbocycles. The Morgan fingerprint density at radius 2 is 1.38 bits per heavy atom. The van der Waals surface area contributed by atoms with E-state index in [0.29, 0.717) is 3.53 Å². The van der Waals surface area contributed by atoms with Crippen LogP contribution in [0.15, 0.2) is 25.3 Å². The number of thiocarbonyl (C=S) groups is 1. The van der Waals surface area contributed by atoms with Crippen molar-refractivity contribution < 1.29 is 0 Å². The highest BCUT2D eigenvalue weighted by Gasteiger charge is 1.58. The van der Waals surface area contributed by atoms with E-state index in [1.807, 2.05) is 0 Å². The van der Waals surface area contributed by atoms with E-state index >= 15 is 0 Å². The number of allylic oxidation sites excluding steroid dienone is 2. The molecule has 0 heterocycles. The van der Waals surface area contributed by atoms with Crippen molar-refractivity contribution in [2.75, 3.05) is 0 Å². The fraction of sp³-hybridized carbons (Fsp3) is 0. The standard InChI is InChI=1S/C4H6.CH2S3/c1-3-4-2;2-1(3)4/h3-4H,1-2H2;(H2,2,3,4). The molecule has 0 aromatic carbocycles. The Morgan fingerprint density at radius 1 is 1.25 bits per heavy atom. The Bertz CT molecular complexity index is 75.7. The van der Waals surface area contributed by atoms with Crippen molar-refractivity contribution in [3.63, 3.8) is 0 Å². The van der Waals surface area contributed by atoms with Crippen LogP contribution in [-0.4, -0.2) is 3.53 Å². The smallest absolute Gasteiger partial charge is 0.0976 e. The van der Waals surface area contributed by atoms with Gasteiger partial charge < -0.3 is 0 Å². The Hall–Kier alpha value is 0.270. The van der Waals surface area contributed by atoms with E-state index in [4.69, 9.17) is 0 Å². The van der Waals surface area contributed by atoms with Crippen LogP contribution < -0.4 is 0 Å². The lowest BCUT2D eigenvalue weighted by molar-refractivity contribution is 2.15. The predicted octanol–water partition coefficient (Wildman–Crippen LogP) is 2.49. The lowest BCUT2D eigenvalue weighted by Crippen LogP contribution is -1.46. The van der Waals surface area contributed by atoms with Crippen LogP contribution in [0.4, 0.5) is 0 Å². The zero-order valence-corrected chi connectivity index (χ0v) is 6.98. The highest BCUT2D eigenvalue weighted by atomic mass is 32.2. The molecule has 0 rings (SSSR count). The number of rotatable bonds is 1. The van der Waals surface area contributed by atoms with Crippen LogP contribution in [0.2, 0.25) is 0 Å². The Labute approximate surface area is 66.5 Å². The average Bonchev–Trinajstić information content (AvgIpc) is 1.65. The molecular weight excluding hydrogens is 156 g/mol. The molecule has 0 amide bonds. The number of thiol groups is 2. The predicted molar refractivity (Wildman–Crippen MR) is 51.0 cm³/mol. The Kier molecular flexibility index (Phi) is 14.3. The minimum atomic E-state index is 0.389. The van der Waals surface area contributed by atoms with Gasteiger partial charge in [-0.3, -0.25) is 0 Å². The first-order chi connectivity index (χ1) is 3.65. The molecule has 0 bridgehead atoms. The van der Waals surface area contributed by atoms with E-state index in [0.717, 1.165) is 0 Å². The molecule has 46 valence electrons. The third kappa shape index (κ3) is 108. The zero-order chi connectivity index (χ0) is 6.99.